The number of benzene rings is 3. The molecule has 7 aromatic rings. The molecular weight excluding hydrogens is 685 g/mol. The molecular formula is C34H26N6O6S3. The van der Waals surface area contributed by atoms with E-state index < -0.39 is 0 Å². The van der Waals surface area contributed by atoms with Gasteiger partial charge >= 0.3 is 0 Å². The third-order valence-electron chi connectivity index (χ3n) is 6.49. The normalized spacial score (nSPS) is 11.1. The van der Waals surface area contributed by atoms with E-state index in [4.69, 9.17) is 26.5 Å². The Balaban J connectivity index is 1.59. The van der Waals surface area contributed by atoms with Crippen LogP contribution in [0.5, 0.6) is 0 Å². The summed E-state index contributed by atoms with van der Waals surface area (Å²) < 4.78 is 37.0. The molecule has 0 unspecified atom stereocenters. The molecule has 0 saturated heterocycles. The zero-order chi connectivity index (χ0) is 33.7. The van der Waals surface area contributed by atoms with Crippen molar-refractivity contribution >= 4 is 103 Å². The number of aryl methyl sites for hydroxylation is 1. The molecule has 0 saturated carbocycles. The first-order valence-corrected chi connectivity index (χ1v) is 18.3. The Hall–Kier alpha value is -5.25. The summed E-state index contributed by atoms with van der Waals surface area (Å²) in [6.07, 6.45) is 5.61. The van der Waals surface area contributed by atoms with Crippen LogP contribution in [0.2, 0.25) is 0 Å². The number of hydrogen-bond acceptors (Lipinski definition) is 15. The zero-order valence-corrected chi connectivity index (χ0v) is 28.9. The first-order valence-electron chi connectivity index (χ1n) is 14.6. The Labute approximate surface area is 290 Å². The fourth-order valence-corrected chi connectivity index (χ4v) is 5.58. The molecule has 0 fully saturated rings. The highest BCUT2D eigenvalue weighted by molar-refractivity contribution is 7.98. The molecule has 0 spiro atoms. The van der Waals surface area contributed by atoms with Crippen LogP contribution in [0.3, 0.4) is 0 Å². The van der Waals surface area contributed by atoms with Gasteiger partial charge in [-0.05, 0) is 67.7 Å². The van der Waals surface area contributed by atoms with Crippen molar-refractivity contribution in [3.8, 4) is 0 Å². The highest BCUT2D eigenvalue weighted by atomic mass is 32.2. The molecule has 0 aliphatic rings. The lowest BCUT2D eigenvalue weighted by Gasteiger charge is -1.99. The molecule has 12 bridgehead atoms. The molecule has 0 atom stereocenters. The van der Waals surface area contributed by atoms with Gasteiger partial charge in [0.15, 0.2) is 15.5 Å². The minimum Gasteiger partial charge on any atom is -0.439 e. The fraction of sp³-hybridized carbons (Fsp3) is 0.118. The number of nitrogens with zero attached hydrogens (tertiary/aromatic N) is 6. The van der Waals surface area contributed by atoms with Crippen molar-refractivity contribution in [2.75, 3.05) is 18.8 Å². The van der Waals surface area contributed by atoms with Crippen molar-refractivity contribution in [1.29, 1.82) is 0 Å². The van der Waals surface area contributed by atoms with Gasteiger partial charge in [0.2, 0.25) is 34.3 Å². The van der Waals surface area contributed by atoms with E-state index in [1.54, 1.807) is 72.8 Å². The van der Waals surface area contributed by atoms with Gasteiger partial charge in [-0.15, -0.1) is 0 Å². The van der Waals surface area contributed by atoms with E-state index in [0.717, 1.165) is 5.56 Å². The number of thioether (sulfide) groups is 3. The SMILES string of the molecule is CSc1nc2cc(n1)oc1cccc(c1)oc1cc(nc(SC)n1)oc1cc(C)cc(c1)oc1cc(nc(SC)n1)oc1cccc(c1)o2. The Morgan fingerprint density at radius 1 is 0.367 bits per heavy atom. The molecule has 0 radical (unpaired) electrons. The van der Waals surface area contributed by atoms with Crippen LogP contribution in [-0.4, -0.2) is 48.7 Å². The largest absolute Gasteiger partial charge is 0.439 e. The minimum atomic E-state index is 0.284. The number of rotatable bonds is 3. The molecule has 15 heteroatoms. The van der Waals surface area contributed by atoms with Gasteiger partial charge in [-0.2, -0.15) is 29.9 Å². The molecule has 0 aliphatic carbocycles. The summed E-state index contributed by atoms with van der Waals surface area (Å²) in [5.74, 6) is 0. The Bertz CT molecular complexity index is 2460. The molecule has 246 valence electrons. The maximum absolute atomic E-state index is 6.21. The number of aromatic nitrogens is 6. The molecule has 4 aromatic heterocycles. The van der Waals surface area contributed by atoms with Crippen molar-refractivity contribution < 1.29 is 26.5 Å². The molecule has 4 heterocycles. The van der Waals surface area contributed by atoms with E-state index in [0.29, 0.717) is 49.0 Å². The van der Waals surface area contributed by atoms with E-state index in [2.05, 4.69) is 29.9 Å². The van der Waals surface area contributed by atoms with Gasteiger partial charge in [-0.1, -0.05) is 47.4 Å². The molecule has 12 nitrogen and oxygen atoms in total. The lowest BCUT2D eigenvalue weighted by Crippen LogP contribution is -1.86. The first kappa shape index (κ1) is 32.3. The van der Waals surface area contributed by atoms with Crippen LogP contribution in [0.4, 0.5) is 0 Å². The van der Waals surface area contributed by atoms with Crippen molar-refractivity contribution in [2.45, 2.75) is 22.4 Å². The van der Waals surface area contributed by atoms with Crippen LogP contribution >= 0.6 is 35.3 Å². The molecule has 0 aliphatic heterocycles. The van der Waals surface area contributed by atoms with Gasteiger partial charge in [-0.3, -0.25) is 0 Å². The topological polar surface area (TPSA) is 156 Å². The standard InChI is InChI=1S/C34H26N6O6S3/c1-19-11-24-15-25(12-19)46-31-18-29(38-34(40-31)49-4)44-23-10-6-8-21(14-23)42-27-16-26(35-32(36-27)47-2)41-20-7-5-9-22(13-20)43-28-17-30(45-24)39-33(37-28)48-3/h5-18H,1-4H3. The van der Waals surface area contributed by atoms with Crippen LogP contribution in [0.15, 0.2) is 127 Å². The lowest BCUT2D eigenvalue weighted by atomic mass is 10.2. The van der Waals surface area contributed by atoms with Crippen LogP contribution in [0.25, 0.3) is 67.8 Å². The van der Waals surface area contributed by atoms with E-state index in [1.165, 1.54) is 35.3 Å². The Morgan fingerprint density at radius 2 is 0.633 bits per heavy atom. The van der Waals surface area contributed by atoms with Crippen molar-refractivity contribution in [3.63, 3.8) is 0 Å². The van der Waals surface area contributed by atoms with Gasteiger partial charge < -0.3 is 26.5 Å². The second kappa shape index (κ2) is 14.5. The van der Waals surface area contributed by atoms with Crippen molar-refractivity contribution in [3.05, 3.63) is 90.5 Å². The average Bonchev–Trinajstić information content (AvgIpc) is 3.07. The van der Waals surface area contributed by atoms with Crippen LogP contribution in [0.1, 0.15) is 5.56 Å². The second-order valence-electron chi connectivity index (χ2n) is 10.1. The fourth-order valence-electron chi connectivity index (χ4n) is 4.50. The van der Waals surface area contributed by atoms with Gasteiger partial charge in [0.05, 0.1) is 18.2 Å². The van der Waals surface area contributed by atoms with Gasteiger partial charge in [-0.25, -0.2) is 0 Å². The van der Waals surface area contributed by atoms with E-state index in [9.17, 15) is 0 Å². The van der Waals surface area contributed by atoms with Crippen LogP contribution < -0.4 is 0 Å². The molecule has 49 heavy (non-hydrogen) atoms. The summed E-state index contributed by atoms with van der Waals surface area (Å²) in [4.78, 5) is 27.1. The summed E-state index contributed by atoms with van der Waals surface area (Å²) in [5.41, 5.74) is 5.53. The quantitative estimate of drug-likeness (QED) is 0.126. The van der Waals surface area contributed by atoms with E-state index >= 15 is 0 Å². The maximum Gasteiger partial charge on any atom is 0.227 e. The van der Waals surface area contributed by atoms with Gasteiger partial charge in [0.1, 0.15) is 33.5 Å². The molecule has 7 rings (SSSR count). The Morgan fingerprint density at radius 3 is 0.918 bits per heavy atom. The Kier molecular flexibility index (Phi) is 9.54. The molecule has 3 aromatic carbocycles. The van der Waals surface area contributed by atoms with Crippen molar-refractivity contribution in [2.24, 2.45) is 0 Å². The monoisotopic (exact) mass is 710 g/mol. The number of fused-ring (bicyclic) bond motifs is 12. The van der Waals surface area contributed by atoms with E-state index in [-0.39, 0.29) is 34.3 Å². The third kappa shape index (κ3) is 8.25. The summed E-state index contributed by atoms with van der Waals surface area (Å²) in [6.45, 7) is 1.94. The zero-order valence-electron chi connectivity index (χ0n) is 26.4. The summed E-state index contributed by atoms with van der Waals surface area (Å²) in [6, 6.07) is 24.5. The van der Waals surface area contributed by atoms with Crippen LogP contribution in [-0.2, 0) is 0 Å². The minimum absolute atomic E-state index is 0.284. The summed E-state index contributed by atoms with van der Waals surface area (Å²) in [7, 11) is 0. The van der Waals surface area contributed by atoms with Gasteiger partial charge in [0, 0.05) is 18.2 Å². The number of hydrogen-bond donors (Lipinski definition) is 0. The smallest absolute Gasteiger partial charge is 0.227 e. The second-order valence-corrected chi connectivity index (χ2v) is 12.5. The van der Waals surface area contributed by atoms with Gasteiger partial charge in [0.25, 0.3) is 0 Å². The average molecular weight is 711 g/mol. The first-order chi connectivity index (χ1) is 23.9. The maximum atomic E-state index is 6.21. The highest BCUT2D eigenvalue weighted by Gasteiger charge is 2.04. The highest BCUT2D eigenvalue weighted by Crippen LogP contribution is 2.21. The predicted molar refractivity (Wildman–Crippen MR) is 191 cm³/mol. The van der Waals surface area contributed by atoms with Crippen LogP contribution in [0, 0.1) is 6.92 Å². The lowest BCUT2D eigenvalue weighted by molar-refractivity contribution is 0.597. The third-order valence-corrected chi connectivity index (χ3v) is 8.14. The molecule has 0 N–H and O–H groups in total. The van der Waals surface area contributed by atoms with E-state index in [1.807, 2.05) is 37.8 Å². The molecule has 0 amide bonds. The summed E-state index contributed by atoms with van der Waals surface area (Å²) in [5, 5.41) is 1.39. The summed E-state index contributed by atoms with van der Waals surface area (Å²) >= 11 is 4.07. The van der Waals surface area contributed by atoms with Crippen molar-refractivity contribution in [1.82, 2.24) is 29.9 Å². The predicted octanol–water partition coefficient (Wildman–Crippen LogP) is 10.1.